The molecule has 0 atom stereocenters. The first-order valence-electron chi connectivity index (χ1n) is 9.25. The molecule has 2 aromatic rings. The number of rotatable bonds is 5. The first-order chi connectivity index (χ1) is 14.3. The number of anilines is 1. The fourth-order valence-electron chi connectivity index (χ4n) is 3.11. The summed E-state index contributed by atoms with van der Waals surface area (Å²) in [6.45, 7) is 6.21. The molecular weight excluding hydrogens is 515 g/mol. The number of hydrogen-bond acceptors (Lipinski definition) is 5. The third-order valence-corrected chi connectivity index (χ3v) is 5.64. The van der Waals surface area contributed by atoms with Gasteiger partial charge in [0.15, 0.2) is 16.6 Å². The van der Waals surface area contributed by atoms with Gasteiger partial charge in [0.05, 0.1) is 23.0 Å². The lowest BCUT2D eigenvalue weighted by molar-refractivity contribution is -0.122. The highest BCUT2D eigenvalue weighted by Crippen LogP contribution is 2.35. The smallest absolute Gasteiger partial charge is 0.270 e. The average molecular weight is 536 g/mol. The summed E-state index contributed by atoms with van der Waals surface area (Å²) in [6.07, 6.45) is 1.54. The first kappa shape index (κ1) is 22.2. The zero-order chi connectivity index (χ0) is 22.0. The van der Waals surface area contributed by atoms with Crippen LogP contribution in [-0.4, -0.2) is 30.6 Å². The van der Waals surface area contributed by atoms with Crippen molar-refractivity contribution >= 4 is 63.5 Å². The van der Waals surface area contributed by atoms with E-state index in [1.165, 1.54) is 11.0 Å². The Bertz CT molecular complexity index is 1080. The molecule has 2 aromatic carbocycles. The van der Waals surface area contributed by atoms with Crippen molar-refractivity contribution in [2.75, 3.05) is 18.6 Å². The Morgan fingerprint density at radius 1 is 1.20 bits per heavy atom. The quantitative estimate of drug-likeness (QED) is 0.269. The molecule has 0 spiro atoms. The Kier molecular flexibility index (Phi) is 6.77. The number of benzene rings is 2. The number of thiocarbonyl (C=S) groups is 1. The molecule has 156 valence electrons. The van der Waals surface area contributed by atoms with E-state index in [-0.39, 0.29) is 10.7 Å². The van der Waals surface area contributed by atoms with E-state index < -0.39 is 11.8 Å². The molecule has 1 fully saturated rings. The zero-order valence-corrected chi connectivity index (χ0v) is 20.0. The van der Waals surface area contributed by atoms with E-state index >= 15 is 0 Å². The van der Waals surface area contributed by atoms with Crippen LogP contribution in [0.1, 0.15) is 23.6 Å². The van der Waals surface area contributed by atoms with Gasteiger partial charge in [-0.3, -0.25) is 19.8 Å². The van der Waals surface area contributed by atoms with Crippen molar-refractivity contribution in [2.45, 2.75) is 20.8 Å². The van der Waals surface area contributed by atoms with E-state index in [4.69, 9.17) is 21.7 Å². The molecule has 1 heterocycles. The largest absolute Gasteiger partial charge is 0.493 e. The maximum absolute atomic E-state index is 13.3. The van der Waals surface area contributed by atoms with Crippen molar-refractivity contribution in [3.63, 3.8) is 0 Å². The van der Waals surface area contributed by atoms with Crippen LogP contribution in [-0.2, 0) is 9.59 Å². The Hall–Kier alpha value is -2.46. The van der Waals surface area contributed by atoms with Crippen molar-refractivity contribution in [3.8, 4) is 11.5 Å². The highest BCUT2D eigenvalue weighted by molar-refractivity contribution is 14.1. The molecule has 1 aliphatic rings. The molecule has 0 radical (unpaired) electrons. The normalized spacial score (nSPS) is 15.4. The number of carbonyl (C=O) groups excluding carboxylic acids is 2. The van der Waals surface area contributed by atoms with E-state index in [2.05, 4.69) is 27.9 Å². The monoisotopic (exact) mass is 536 g/mol. The van der Waals surface area contributed by atoms with Gasteiger partial charge in [-0.15, -0.1) is 0 Å². The fourth-order valence-corrected chi connectivity index (χ4v) is 4.17. The highest BCUT2D eigenvalue weighted by atomic mass is 127. The Labute approximate surface area is 194 Å². The zero-order valence-electron chi connectivity index (χ0n) is 17.0. The lowest BCUT2D eigenvalue weighted by Crippen LogP contribution is -2.54. The molecule has 2 amide bonds. The van der Waals surface area contributed by atoms with Gasteiger partial charge in [-0.2, -0.15) is 0 Å². The van der Waals surface area contributed by atoms with E-state index in [9.17, 15) is 9.59 Å². The van der Waals surface area contributed by atoms with Gasteiger partial charge in [-0.1, -0.05) is 12.1 Å². The number of halogens is 1. The van der Waals surface area contributed by atoms with E-state index in [0.29, 0.717) is 29.4 Å². The number of carbonyl (C=O) groups is 2. The second kappa shape index (κ2) is 9.13. The molecular formula is C22H21IN2O4S. The molecule has 3 rings (SSSR count). The molecule has 0 aliphatic carbocycles. The molecule has 0 unspecified atom stereocenters. The van der Waals surface area contributed by atoms with Crippen molar-refractivity contribution in [1.82, 2.24) is 5.32 Å². The van der Waals surface area contributed by atoms with Gasteiger partial charge in [-0.05, 0) is 96.5 Å². The molecule has 0 saturated carbocycles. The van der Waals surface area contributed by atoms with Crippen LogP contribution in [0.25, 0.3) is 6.08 Å². The predicted molar refractivity (Wildman–Crippen MR) is 129 cm³/mol. The molecule has 1 saturated heterocycles. The predicted octanol–water partition coefficient (Wildman–Crippen LogP) is 4.15. The van der Waals surface area contributed by atoms with Crippen molar-refractivity contribution in [2.24, 2.45) is 0 Å². The van der Waals surface area contributed by atoms with Gasteiger partial charge in [0, 0.05) is 0 Å². The van der Waals surface area contributed by atoms with E-state index in [1.54, 1.807) is 13.2 Å². The summed E-state index contributed by atoms with van der Waals surface area (Å²) in [6, 6.07) is 9.31. The van der Waals surface area contributed by atoms with Gasteiger partial charge >= 0.3 is 0 Å². The van der Waals surface area contributed by atoms with Crippen LogP contribution in [0, 0.1) is 17.4 Å². The van der Waals surface area contributed by atoms with E-state index in [1.807, 2.05) is 45.0 Å². The topological polar surface area (TPSA) is 67.9 Å². The maximum Gasteiger partial charge on any atom is 0.270 e. The lowest BCUT2D eigenvalue weighted by Gasteiger charge is -2.30. The summed E-state index contributed by atoms with van der Waals surface area (Å²) in [5, 5.41) is 2.69. The summed E-state index contributed by atoms with van der Waals surface area (Å²) in [5.74, 6) is 0.149. The minimum atomic E-state index is -0.533. The van der Waals surface area contributed by atoms with Crippen LogP contribution in [0.4, 0.5) is 5.69 Å². The molecule has 8 heteroatoms. The summed E-state index contributed by atoms with van der Waals surface area (Å²) < 4.78 is 11.9. The second-order valence-electron chi connectivity index (χ2n) is 6.71. The maximum atomic E-state index is 13.3. The third kappa shape index (κ3) is 4.34. The Morgan fingerprint density at radius 3 is 2.60 bits per heavy atom. The Morgan fingerprint density at radius 2 is 1.93 bits per heavy atom. The van der Waals surface area contributed by atoms with Crippen LogP contribution in [0.3, 0.4) is 0 Å². The minimum absolute atomic E-state index is 0.00785. The number of amides is 2. The van der Waals surface area contributed by atoms with Crippen LogP contribution in [0.2, 0.25) is 0 Å². The molecule has 1 aliphatic heterocycles. The molecule has 1 N–H and O–H groups in total. The van der Waals surface area contributed by atoms with Crippen molar-refractivity contribution < 1.29 is 19.1 Å². The molecule has 0 aromatic heterocycles. The fraction of sp³-hybridized carbons (Fsp3) is 0.227. The minimum Gasteiger partial charge on any atom is -0.493 e. The summed E-state index contributed by atoms with van der Waals surface area (Å²) in [5.41, 5.74) is 3.15. The van der Waals surface area contributed by atoms with Gasteiger partial charge in [0.2, 0.25) is 0 Å². The van der Waals surface area contributed by atoms with Crippen molar-refractivity contribution in [1.29, 1.82) is 0 Å². The van der Waals surface area contributed by atoms with Gasteiger partial charge < -0.3 is 9.47 Å². The average Bonchev–Trinajstić information content (AvgIpc) is 2.69. The highest BCUT2D eigenvalue weighted by Gasteiger charge is 2.35. The summed E-state index contributed by atoms with van der Waals surface area (Å²) in [4.78, 5) is 27.2. The van der Waals surface area contributed by atoms with Crippen LogP contribution in [0.15, 0.2) is 35.9 Å². The summed E-state index contributed by atoms with van der Waals surface area (Å²) in [7, 11) is 1.55. The number of ether oxygens (including phenoxy) is 2. The lowest BCUT2D eigenvalue weighted by atomic mass is 10.0. The standard InChI is InChI=1S/C22H21IN2O4S/c1-5-29-19-16(23)10-14(11-18(19)28-4)9-15-20(26)24-22(30)25(21(15)27)17-8-12(2)6-7-13(17)3/h6-11H,5H2,1-4H3,(H,24,26,30)/b15-9-. The third-order valence-electron chi connectivity index (χ3n) is 4.56. The number of methoxy groups -OCH3 is 1. The van der Waals surface area contributed by atoms with Crippen LogP contribution >= 0.6 is 34.8 Å². The first-order valence-corrected chi connectivity index (χ1v) is 10.7. The van der Waals surface area contributed by atoms with Gasteiger partial charge in [0.25, 0.3) is 11.8 Å². The van der Waals surface area contributed by atoms with E-state index in [0.717, 1.165) is 14.7 Å². The second-order valence-corrected chi connectivity index (χ2v) is 8.26. The number of hydrogen-bond donors (Lipinski definition) is 1. The van der Waals surface area contributed by atoms with Gasteiger partial charge in [0.1, 0.15) is 5.57 Å². The summed E-state index contributed by atoms with van der Waals surface area (Å²) >= 11 is 7.44. The van der Waals surface area contributed by atoms with Crippen molar-refractivity contribution in [3.05, 3.63) is 56.2 Å². The van der Waals surface area contributed by atoms with Crippen LogP contribution in [0.5, 0.6) is 11.5 Å². The van der Waals surface area contributed by atoms with Crippen LogP contribution < -0.4 is 19.7 Å². The molecule has 6 nitrogen and oxygen atoms in total. The molecule has 0 bridgehead atoms. The Balaban J connectivity index is 2.07. The number of nitrogens with zero attached hydrogens (tertiary/aromatic N) is 1. The molecule has 30 heavy (non-hydrogen) atoms. The SMILES string of the molecule is CCOc1c(I)cc(/C=C2/C(=O)NC(=S)N(c3cc(C)ccc3C)C2=O)cc1OC. The number of aryl methyl sites for hydroxylation is 2. The number of nitrogens with one attached hydrogen (secondary N) is 1. The van der Waals surface area contributed by atoms with Gasteiger partial charge in [-0.25, -0.2) is 0 Å².